The molecular weight excluding hydrogens is 376 g/mol. The summed E-state index contributed by atoms with van der Waals surface area (Å²) in [5.41, 5.74) is 3.28. The van der Waals surface area contributed by atoms with Crippen molar-refractivity contribution in [3.63, 3.8) is 0 Å². The molecule has 0 saturated heterocycles. The molecule has 8 heteroatoms. The van der Waals surface area contributed by atoms with Crippen molar-refractivity contribution in [3.05, 3.63) is 66.5 Å². The van der Waals surface area contributed by atoms with Gasteiger partial charge in [-0.2, -0.15) is 0 Å². The topological polar surface area (TPSA) is 93.2 Å². The number of aromatic nitrogens is 2. The van der Waals surface area contributed by atoms with Crippen LogP contribution in [0.2, 0.25) is 0 Å². The highest BCUT2D eigenvalue weighted by Crippen LogP contribution is 2.29. The van der Waals surface area contributed by atoms with E-state index in [0.717, 1.165) is 34.5 Å². The van der Waals surface area contributed by atoms with Gasteiger partial charge in [-0.15, -0.1) is 0 Å². The first-order chi connectivity index (χ1) is 13.4. The predicted molar refractivity (Wildman–Crippen MR) is 110 cm³/mol. The molecule has 0 spiro atoms. The Bertz CT molecular complexity index is 1050. The molecule has 146 valence electrons. The Morgan fingerprint density at radius 1 is 1.04 bits per heavy atom. The number of rotatable bonds is 8. The van der Waals surface area contributed by atoms with Gasteiger partial charge in [0.25, 0.3) is 0 Å². The van der Waals surface area contributed by atoms with E-state index in [2.05, 4.69) is 20.0 Å². The van der Waals surface area contributed by atoms with E-state index in [1.165, 1.54) is 6.33 Å². The zero-order valence-corrected chi connectivity index (χ0v) is 16.5. The minimum absolute atomic E-state index is 0.227. The first-order valence-corrected chi connectivity index (χ1v) is 10.7. The molecule has 0 bridgehead atoms. The Morgan fingerprint density at radius 2 is 1.86 bits per heavy atom. The van der Waals surface area contributed by atoms with Crippen LogP contribution >= 0.6 is 0 Å². The average molecular weight is 398 g/mol. The summed E-state index contributed by atoms with van der Waals surface area (Å²) in [6, 6.07) is 17.0. The van der Waals surface area contributed by atoms with E-state index in [4.69, 9.17) is 4.74 Å². The molecule has 1 aromatic heterocycles. The highest BCUT2D eigenvalue weighted by Gasteiger charge is 2.09. The SMILES string of the molecule is CCOc1ccccc1-c1cc(Nc2cccc(CNS(C)(=O)=O)c2)ncn1. The Morgan fingerprint density at radius 3 is 2.64 bits per heavy atom. The second kappa shape index (κ2) is 8.81. The highest BCUT2D eigenvalue weighted by molar-refractivity contribution is 7.88. The van der Waals surface area contributed by atoms with E-state index in [-0.39, 0.29) is 6.54 Å². The van der Waals surface area contributed by atoms with Crippen LogP contribution in [0.5, 0.6) is 5.75 Å². The van der Waals surface area contributed by atoms with Crippen molar-refractivity contribution in [2.75, 3.05) is 18.2 Å². The zero-order valence-electron chi connectivity index (χ0n) is 15.7. The van der Waals surface area contributed by atoms with Crippen molar-refractivity contribution >= 4 is 21.5 Å². The van der Waals surface area contributed by atoms with Crippen LogP contribution < -0.4 is 14.8 Å². The fourth-order valence-electron chi connectivity index (χ4n) is 2.65. The standard InChI is InChI=1S/C20H22N4O3S/c1-3-27-19-10-5-4-9-17(19)18-12-20(22-14-21-18)24-16-8-6-7-15(11-16)13-23-28(2,25)26/h4-12,14,23H,3,13H2,1-2H3,(H,21,22,24). The molecule has 0 fully saturated rings. The monoisotopic (exact) mass is 398 g/mol. The van der Waals surface area contributed by atoms with Gasteiger partial charge in [0, 0.05) is 23.9 Å². The number of nitrogens with zero attached hydrogens (tertiary/aromatic N) is 2. The van der Waals surface area contributed by atoms with Crippen LogP contribution in [-0.2, 0) is 16.6 Å². The largest absolute Gasteiger partial charge is 0.493 e. The number of sulfonamides is 1. The lowest BCUT2D eigenvalue weighted by Gasteiger charge is -2.11. The summed E-state index contributed by atoms with van der Waals surface area (Å²) in [5.74, 6) is 1.40. The third-order valence-electron chi connectivity index (χ3n) is 3.87. The smallest absolute Gasteiger partial charge is 0.209 e. The summed E-state index contributed by atoms with van der Waals surface area (Å²) in [4.78, 5) is 8.64. The molecule has 0 saturated carbocycles. The van der Waals surface area contributed by atoms with Crippen molar-refractivity contribution in [3.8, 4) is 17.0 Å². The van der Waals surface area contributed by atoms with E-state index in [1.807, 2.05) is 61.5 Å². The number of hydrogen-bond donors (Lipinski definition) is 2. The van der Waals surface area contributed by atoms with Crippen LogP contribution in [0.15, 0.2) is 60.9 Å². The molecule has 0 unspecified atom stereocenters. The van der Waals surface area contributed by atoms with Crippen LogP contribution in [-0.4, -0.2) is 31.2 Å². The van der Waals surface area contributed by atoms with Gasteiger partial charge in [-0.3, -0.25) is 0 Å². The molecule has 0 radical (unpaired) electrons. The van der Waals surface area contributed by atoms with Gasteiger partial charge in [-0.1, -0.05) is 24.3 Å². The first-order valence-electron chi connectivity index (χ1n) is 8.79. The summed E-state index contributed by atoms with van der Waals surface area (Å²) >= 11 is 0. The first kappa shape index (κ1) is 19.8. The minimum Gasteiger partial charge on any atom is -0.493 e. The number of ether oxygens (including phenoxy) is 1. The number of hydrogen-bond acceptors (Lipinski definition) is 6. The summed E-state index contributed by atoms with van der Waals surface area (Å²) in [6.07, 6.45) is 2.63. The summed E-state index contributed by atoms with van der Waals surface area (Å²) in [5, 5.41) is 3.23. The number of nitrogens with one attached hydrogen (secondary N) is 2. The van der Waals surface area contributed by atoms with Gasteiger partial charge in [0.05, 0.1) is 18.6 Å². The molecule has 2 N–H and O–H groups in total. The van der Waals surface area contributed by atoms with Crippen molar-refractivity contribution in [1.82, 2.24) is 14.7 Å². The van der Waals surface area contributed by atoms with Crippen LogP contribution in [0.25, 0.3) is 11.3 Å². The average Bonchev–Trinajstić information content (AvgIpc) is 2.67. The maximum absolute atomic E-state index is 11.3. The molecule has 0 aliphatic carbocycles. The number of para-hydroxylation sites is 1. The van der Waals surface area contributed by atoms with E-state index < -0.39 is 10.0 Å². The molecule has 7 nitrogen and oxygen atoms in total. The van der Waals surface area contributed by atoms with Gasteiger partial charge in [-0.25, -0.2) is 23.1 Å². The Labute approximate surface area is 164 Å². The third-order valence-corrected chi connectivity index (χ3v) is 4.54. The minimum atomic E-state index is -3.24. The quantitative estimate of drug-likeness (QED) is 0.605. The second-order valence-corrected chi connectivity index (χ2v) is 7.97. The normalized spacial score (nSPS) is 11.2. The third kappa shape index (κ3) is 5.51. The maximum Gasteiger partial charge on any atom is 0.209 e. The van der Waals surface area contributed by atoms with Crippen LogP contribution in [0.3, 0.4) is 0 Å². The lowest BCUT2D eigenvalue weighted by molar-refractivity contribution is 0.341. The van der Waals surface area contributed by atoms with Gasteiger partial charge < -0.3 is 10.1 Å². The summed E-state index contributed by atoms with van der Waals surface area (Å²) in [7, 11) is -3.24. The van der Waals surface area contributed by atoms with Crippen molar-refractivity contribution < 1.29 is 13.2 Å². The maximum atomic E-state index is 11.3. The van der Waals surface area contributed by atoms with Gasteiger partial charge in [0.1, 0.15) is 17.9 Å². The molecule has 28 heavy (non-hydrogen) atoms. The van der Waals surface area contributed by atoms with Gasteiger partial charge in [0.2, 0.25) is 10.0 Å². The molecule has 0 atom stereocenters. The Kier molecular flexibility index (Phi) is 6.23. The van der Waals surface area contributed by atoms with Crippen LogP contribution in [0, 0.1) is 0 Å². The van der Waals surface area contributed by atoms with E-state index in [9.17, 15) is 8.42 Å². The molecule has 3 rings (SSSR count). The fraction of sp³-hybridized carbons (Fsp3) is 0.200. The molecule has 0 aliphatic rings. The summed E-state index contributed by atoms with van der Waals surface area (Å²) < 4.78 is 30.7. The van der Waals surface area contributed by atoms with Crippen LogP contribution in [0.4, 0.5) is 11.5 Å². The van der Waals surface area contributed by atoms with Crippen molar-refractivity contribution in [2.45, 2.75) is 13.5 Å². The van der Waals surface area contributed by atoms with Gasteiger partial charge >= 0.3 is 0 Å². The Balaban J connectivity index is 1.80. The summed E-state index contributed by atoms with van der Waals surface area (Å²) in [6.45, 7) is 2.74. The van der Waals surface area contributed by atoms with E-state index in [1.54, 1.807) is 0 Å². The lowest BCUT2D eigenvalue weighted by atomic mass is 10.1. The molecule has 2 aromatic carbocycles. The highest BCUT2D eigenvalue weighted by atomic mass is 32.2. The predicted octanol–water partition coefficient (Wildman–Crippen LogP) is 3.34. The van der Waals surface area contributed by atoms with Crippen molar-refractivity contribution in [2.24, 2.45) is 0 Å². The second-order valence-electron chi connectivity index (χ2n) is 6.14. The number of benzene rings is 2. The van der Waals surface area contributed by atoms with Crippen LogP contribution in [0.1, 0.15) is 12.5 Å². The molecule has 0 aliphatic heterocycles. The molecule has 3 aromatic rings. The van der Waals surface area contributed by atoms with E-state index in [0.29, 0.717) is 12.4 Å². The fourth-order valence-corrected chi connectivity index (χ4v) is 3.08. The zero-order chi connectivity index (χ0) is 20.0. The molecule has 0 amide bonds. The molecular formula is C20H22N4O3S. The van der Waals surface area contributed by atoms with E-state index >= 15 is 0 Å². The Hall–Kier alpha value is -2.97. The number of anilines is 2. The van der Waals surface area contributed by atoms with Gasteiger partial charge in [-0.05, 0) is 36.8 Å². The van der Waals surface area contributed by atoms with Gasteiger partial charge in [0.15, 0.2) is 0 Å². The molecule has 1 heterocycles. The lowest BCUT2D eigenvalue weighted by Crippen LogP contribution is -2.21. The van der Waals surface area contributed by atoms with Crippen molar-refractivity contribution in [1.29, 1.82) is 0 Å².